The van der Waals surface area contributed by atoms with Crippen LogP contribution in [0.2, 0.25) is 0 Å². The molecule has 0 aromatic heterocycles. The maximum atomic E-state index is 12.4. The third kappa shape index (κ3) is 3.05. The second-order valence-corrected chi connectivity index (χ2v) is 4.74. The number of rotatable bonds is 5. The van der Waals surface area contributed by atoms with Crippen LogP contribution in [0, 0.1) is 6.92 Å². The molecule has 0 unspecified atom stereocenters. The van der Waals surface area contributed by atoms with E-state index in [4.69, 9.17) is 9.84 Å². The Kier molecular flexibility index (Phi) is 3.74. The molecular formula is C14H17NO4. The van der Waals surface area contributed by atoms with Gasteiger partial charge in [-0.15, -0.1) is 0 Å². The first-order valence-corrected chi connectivity index (χ1v) is 6.20. The fourth-order valence-corrected chi connectivity index (χ4v) is 2.06. The summed E-state index contributed by atoms with van der Waals surface area (Å²) in [6.07, 6.45) is 1.77. The Morgan fingerprint density at radius 3 is 2.58 bits per heavy atom. The Morgan fingerprint density at radius 2 is 2.11 bits per heavy atom. The molecule has 1 aliphatic carbocycles. The van der Waals surface area contributed by atoms with E-state index in [0.717, 1.165) is 18.4 Å². The van der Waals surface area contributed by atoms with Crippen LogP contribution in [-0.4, -0.2) is 41.6 Å². The van der Waals surface area contributed by atoms with Crippen molar-refractivity contribution < 1.29 is 19.4 Å². The Balaban J connectivity index is 2.23. The molecule has 0 spiro atoms. The molecule has 1 saturated carbocycles. The molecule has 0 radical (unpaired) electrons. The zero-order valence-electron chi connectivity index (χ0n) is 11.0. The van der Waals surface area contributed by atoms with Crippen LogP contribution in [0.15, 0.2) is 18.2 Å². The van der Waals surface area contributed by atoms with Gasteiger partial charge in [0.05, 0.1) is 7.11 Å². The Morgan fingerprint density at radius 1 is 1.42 bits per heavy atom. The van der Waals surface area contributed by atoms with Gasteiger partial charge < -0.3 is 14.7 Å². The normalized spacial score (nSPS) is 14.0. The maximum Gasteiger partial charge on any atom is 0.323 e. The summed E-state index contributed by atoms with van der Waals surface area (Å²) in [5.41, 5.74) is 1.33. The van der Waals surface area contributed by atoms with Crippen molar-refractivity contribution in [3.8, 4) is 5.75 Å². The van der Waals surface area contributed by atoms with Crippen molar-refractivity contribution in [2.24, 2.45) is 0 Å². The molecule has 2 rings (SSSR count). The van der Waals surface area contributed by atoms with E-state index in [2.05, 4.69) is 0 Å². The highest BCUT2D eigenvalue weighted by molar-refractivity contribution is 5.97. The maximum absolute atomic E-state index is 12.4. The summed E-state index contributed by atoms with van der Waals surface area (Å²) in [7, 11) is 1.57. The molecule has 1 N–H and O–H groups in total. The second-order valence-electron chi connectivity index (χ2n) is 4.74. The molecule has 0 aliphatic heterocycles. The number of methoxy groups -OCH3 is 1. The van der Waals surface area contributed by atoms with Crippen LogP contribution < -0.4 is 4.74 Å². The van der Waals surface area contributed by atoms with Crippen LogP contribution in [0.1, 0.15) is 28.8 Å². The van der Waals surface area contributed by atoms with Crippen molar-refractivity contribution >= 4 is 11.9 Å². The largest absolute Gasteiger partial charge is 0.497 e. The molecule has 0 atom stereocenters. The molecule has 0 heterocycles. The molecule has 0 bridgehead atoms. The van der Waals surface area contributed by atoms with Crippen LogP contribution in [0.25, 0.3) is 0 Å². The lowest BCUT2D eigenvalue weighted by molar-refractivity contribution is -0.137. The summed E-state index contributed by atoms with van der Waals surface area (Å²) in [6, 6.07) is 5.25. The first-order valence-electron chi connectivity index (χ1n) is 6.20. The fourth-order valence-electron chi connectivity index (χ4n) is 2.06. The molecule has 1 aliphatic rings. The van der Waals surface area contributed by atoms with Crippen molar-refractivity contribution in [3.05, 3.63) is 29.3 Å². The van der Waals surface area contributed by atoms with E-state index in [1.807, 2.05) is 6.92 Å². The van der Waals surface area contributed by atoms with Crippen LogP contribution >= 0.6 is 0 Å². The van der Waals surface area contributed by atoms with Gasteiger partial charge >= 0.3 is 5.97 Å². The molecule has 0 saturated heterocycles. The third-order valence-electron chi connectivity index (χ3n) is 3.22. The molecular weight excluding hydrogens is 246 g/mol. The molecule has 1 aromatic rings. The Labute approximate surface area is 111 Å². The van der Waals surface area contributed by atoms with Crippen LogP contribution in [0.3, 0.4) is 0 Å². The first kappa shape index (κ1) is 13.4. The predicted molar refractivity (Wildman–Crippen MR) is 69.4 cm³/mol. The smallest absolute Gasteiger partial charge is 0.323 e. The van der Waals surface area contributed by atoms with Gasteiger partial charge in [0.1, 0.15) is 12.3 Å². The number of hydrogen-bond donors (Lipinski definition) is 1. The number of carbonyl (C=O) groups is 2. The standard InChI is InChI=1S/C14H17NO4/c1-9-7-11(19-2)5-6-12(9)14(18)15(8-13(16)17)10-3-4-10/h5-7,10H,3-4,8H2,1-2H3,(H,16,17). The first-order chi connectivity index (χ1) is 9.02. The highest BCUT2D eigenvalue weighted by Gasteiger charge is 2.34. The quantitative estimate of drug-likeness (QED) is 0.878. The number of carbonyl (C=O) groups excluding carboxylic acids is 1. The van der Waals surface area contributed by atoms with Gasteiger partial charge in [-0.25, -0.2) is 0 Å². The Bertz CT molecular complexity index is 508. The lowest BCUT2D eigenvalue weighted by Gasteiger charge is -2.21. The second kappa shape index (κ2) is 5.30. The lowest BCUT2D eigenvalue weighted by Crippen LogP contribution is -2.37. The fraction of sp³-hybridized carbons (Fsp3) is 0.429. The molecule has 1 fully saturated rings. The predicted octanol–water partition coefficient (Wildman–Crippen LogP) is 1.69. The average Bonchev–Trinajstić information content (AvgIpc) is 3.19. The van der Waals surface area contributed by atoms with Gasteiger partial charge in [0, 0.05) is 11.6 Å². The summed E-state index contributed by atoms with van der Waals surface area (Å²) in [5, 5.41) is 8.89. The van der Waals surface area contributed by atoms with E-state index >= 15 is 0 Å². The number of nitrogens with zero attached hydrogens (tertiary/aromatic N) is 1. The van der Waals surface area contributed by atoms with Gasteiger partial charge in [-0.3, -0.25) is 9.59 Å². The van der Waals surface area contributed by atoms with E-state index in [1.165, 1.54) is 4.90 Å². The van der Waals surface area contributed by atoms with Crippen LogP contribution in [0.5, 0.6) is 5.75 Å². The van der Waals surface area contributed by atoms with Gasteiger partial charge in [-0.05, 0) is 43.5 Å². The van der Waals surface area contributed by atoms with E-state index in [-0.39, 0.29) is 18.5 Å². The summed E-state index contributed by atoms with van der Waals surface area (Å²) < 4.78 is 5.10. The summed E-state index contributed by atoms with van der Waals surface area (Å²) in [5.74, 6) is -0.512. The molecule has 19 heavy (non-hydrogen) atoms. The van der Waals surface area contributed by atoms with E-state index in [1.54, 1.807) is 25.3 Å². The lowest BCUT2D eigenvalue weighted by atomic mass is 10.1. The van der Waals surface area contributed by atoms with Gasteiger partial charge in [0.25, 0.3) is 5.91 Å². The van der Waals surface area contributed by atoms with Crippen molar-refractivity contribution in [2.45, 2.75) is 25.8 Å². The number of carboxylic acid groups (broad SMARTS) is 1. The number of ether oxygens (including phenoxy) is 1. The van der Waals surface area contributed by atoms with E-state index in [9.17, 15) is 9.59 Å². The number of carboxylic acids is 1. The third-order valence-corrected chi connectivity index (χ3v) is 3.22. The highest BCUT2D eigenvalue weighted by Crippen LogP contribution is 2.29. The average molecular weight is 263 g/mol. The summed E-state index contributed by atoms with van der Waals surface area (Å²) >= 11 is 0. The van der Waals surface area contributed by atoms with Crippen molar-refractivity contribution in [1.82, 2.24) is 4.90 Å². The monoisotopic (exact) mass is 263 g/mol. The molecule has 5 nitrogen and oxygen atoms in total. The molecule has 5 heteroatoms. The zero-order valence-corrected chi connectivity index (χ0v) is 11.0. The Hall–Kier alpha value is -2.04. The van der Waals surface area contributed by atoms with Crippen molar-refractivity contribution in [3.63, 3.8) is 0 Å². The van der Waals surface area contributed by atoms with Crippen LogP contribution in [-0.2, 0) is 4.79 Å². The number of aryl methyl sites for hydroxylation is 1. The zero-order chi connectivity index (χ0) is 14.0. The molecule has 1 amide bonds. The number of aliphatic carboxylic acids is 1. The van der Waals surface area contributed by atoms with Crippen molar-refractivity contribution in [2.75, 3.05) is 13.7 Å². The van der Waals surface area contributed by atoms with E-state index in [0.29, 0.717) is 11.3 Å². The number of benzene rings is 1. The van der Waals surface area contributed by atoms with Gasteiger partial charge in [-0.1, -0.05) is 0 Å². The van der Waals surface area contributed by atoms with Crippen molar-refractivity contribution in [1.29, 1.82) is 0 Å². The van der Waals surface area contributed by atoms with Gasteiger partial charge in [0.2, 0.25) is 0 Å². The number of hydrogen-bond acceptors (Lipinski definition) is 3. The van der Waals surface area contributed by atoms with E-state index < -0.39 is 5.97 Å². The summed E-state index contributed by atoms with van der Waals surface area (Å²) in [4.78, 5) is 24.7. The van der Waals surface area contributed by atoms with Crippen LogP contribution in [0.4, 0.5) is 0 Å². The minimum absolute atomic E-state index is 0.0742. The number of amides is 1. The molecule has 102 valence electrons. The van der Waals surface area contributed by atoms with Gasteiger partial charge in [0.15, 0.2) is 0 Å². The summed E-state index contributed by atoms with van der Waals surface area (Å²) in [6.45, 7) is 1.58. The highest BCUT2D eigenvalue weighted by atomic mass is 16.5. The SMILES string of the molecule is COc1ccc(C(=O)N(CC(=O)O)C2CC2)c(C)c1. The minimum atomic E-state index is -0.980. The minimum Gasteiger partial charge on any atom is -0.497 e. The topological polar surface area (TPSA) is 66.8 Å². The van der Waals surface area contributed by atoms with Gasteiger partial charge in [-0.2, -0.15) is 0 Å². The molecule has 1 aromatic carbocycles.